The molecule has 1 amide bonds. The van der Waals surface area contributed by atoms with Crippen LogP contribution >= 0.6 is 0 Å². The summed E-state index contributed by atoms with van der Waals surface area (Å²) < 4.78 is 0. The summed E-state index contributed by atoms with van der Waals surface area (Å²) in [4.78, 5) is 33.2. The molecule has 0 saturated carbocycles. The SMILES string of the molecule is N[C@@H](CC(=O)N[C@H](Cc1ccccc1)C(=O)O)C(=O)O. The lowest BCUT2D eigenvalue weighted by molar-refractivity contribution is -0.142. The van der Waals surface area contributed by atoms with E-state index < -0.39 is 36.4 Å². The summed E-state index contributed by atoms with van der Waals surface area (Å²) >= 11 is 0. The first-order valence-corrected chi connectivity index (χ1v) is 5.94. The summed E-state index contributed by atoms with van der Waals surface area (Å²) in [6.07, 6.45) is -0.349. The summed E-state index contributed by atoms with van der Waals surface area (Å²) in [7, 11) is 0. The fourth-order valence-corrected chi connectivity index (χ4v) is 1.59. The van der Waals surface area contributed by atoms with Crippen LogP contribution in [0.1, 0.15) is 12.0 Å². The molecule has 2 atom stereocenters. The highest BCUT2D eigenvalue weighted by atomic mass is 16.4. The second kappa shape index (κ2) is 7.25. The standard InChI is InChI=1S/C13H16N2O5/c14-9(12(17)18)7-11(16)15-10(13(19)20)6-8-4-2-1-3-5-8/h1-5,9-10H,6-7,14H2,(H,15,16)(H,17,18)(H,19,20)/t9-,10+/m0/s1. The van der Waals surface area contributed by atoms with Crippen LogP contribution in [-0.2, 0) is 20.8 Å². The molecule has 0 fully saturated rings. The zero-order valence-electron chi connectivity index (χ0n) is 10.7. The molecule has 0 radical (unpaired) electrons. The van der Waals surface area contributed by atoms with Crippen molar-refractivity contribution >= 4 is 17.8 Å². The number of carbonyl (C=O) groups excluding carboxylic acids is 1. The number of benzene rings is 1. The lowest BCUT2D eigenvalue weighted by atomic mass is 10.1. The van der Waals surface area contributed by atoms with Crippen LogP contribution in [0.2, 0.25) is 0 Å². The van der Waals surface area contributed by atoms with Gasteiger partial charge in [0.05, 0.1) is 6.42 Å². The first kappa shape index (κ1) is 15.6. The molecule has 1 rings (SSSR count). The third-order valence-electron chi connectivity index (χ3n) is 2.64. The molecule has 0 saturated heterocycles. The topological polar surface area (TPSA) is 130 Å². The minimum absolute atomic E-state index is 0.115. The van der Waals surface area contributed by atoms with E-state index in [0.29, 0.717) is 0 Å². The lowest BCUT2D eigenvalue weighted by Gasteiger charge is -2.15. The summed E-state index contributed by atoms with van der Waals surface area (Å²) in [5.74, 6) is -3.20. The van der Waals surface area contributed by atoms with Crippen molar-refractivity contribution in [2.24, 2.45) is 5.73 Å². The molecule has 108 valence electrons. The molecule has 0 unspecified atom stereocenters. The van der Waals surface area contributed by atoms with Crippen molar-refractivity contribution in [2.45, 2.75) is 24.9 Å². The molecule has 0 aliphatic carbocycles. The second-order valence-electron chi connectivity index (χ2n) is 4.30. The Morgan fingerprint density at radius 1 is 1.10 bits per heavy atom. The van der Waals surface area contributed by atoms with Gasteiger partial charge in [-0.05, 0) is 5.56 Å². The number of nitrogens with two attached hydrogens (primary N) is 1. The molecule has 0 aliphatic rings. The van der Waals surface area contributed by atoms with E-state index in [-0.39, 0.29) is 6.42 Å². The Morgan fingerprint density at radius 2 is 1.70 bits per heavy atom. The van der Waals surface area contributed by atoms with E-state index in [1.807, 2.05) is 0 Å². The summed E-state index contributed by atoms with van der Waals surface area (Å²) in [6.45, 7) is 0. The van der Waals surface area contributed by atoms with E-state index >= 15 is 0 Å². The van der Waals surface area contributed by atoms with E-state index in [1.165, 1.54) is 0 Å². The minimum Gasteiger partial charge on any atom is -0.480 e. The highest BCUT2D eigenvalue weighted by Crippen LogP contribution is 2.04. The minimum atomic E-state index is -1.35. The average molecular weight is 280 g/mol. The van der Waals surface area contributed by atoms with Crippen LogP contribution < -0.4 is 11.1 Å². The molecule has 7 heteroatoms. The molecule has 1 aromatic rings. The first-order chi connectivity index (χ1) is 9.40. The van der Waals surface area contributed by atoms with Crippen LogP contribution in [0.25, 0.3) is 0 Å². The van der Waals surface area contributed by atoms with Gasteiger partial charge in [0.15, 0.2) is 0 Å². The quantitative estimate of drug-likeness (QED) is 0.537. The van der Waals surface area contributed by atoms with Crippen molar-refractivity contribution in [1.82, 2.24) is 5.32 Å². The van der Waals surface area contributed by atoms with Crippen LogP contribution in [0.4, 0.5) is 0 Å². The van der Waals surface area contributed by atoms with Crippen molar-refractivity contribution in [3.8, 4) is 0 Å². The Bertz CT molecular complexity index is 489. The van der Waals surface area contributed by atoms with Gasteiger partial charge in [-0.1, -0.05) is 30.3 Å². The fourth-order valence-electron chi connectivity index (χ4n) is 1.59. The van der Waals surface area contributed by atoms with Gasteiger partial charge >= 0.3 is 11.9 Å². The monoisotopic (exact) mass is 280 g/mol. The highest BCUT2D eigenvalue weighted by molar-refractivity contribution is 5.87. The van der Waals surface area contributed by atoms with E-state index in [0.717, 1.165) is 5.56 Å². The van der Waals surface area contributed by atoms with Gasteiger partial charge in [0.2, 0.25) is 5.91 Å². The number of aliphatic carboxylic acids is 2. The van der Waals surface area contributed by atoms with Gasteiger partial charge in [0.25, 0.3) is 0 Å². The number of carbonyl (C=O) groups is 3. The predicted octanol–water partition coefficient (Wildman–Crippen LogP) is -0.399. The number of amides is 1. The summed E-state index contributed by atoms with van der Waals surface area (Å²) in [5, 5.41) is 19.9. The Morgan fingerprint density at radius 3 is 2.20 bits per heavy atom. The molecule has 0 aromatic heterocycles. The number of hydrogen-bond donors (Lipinski definition) is 4. The van der Waals surface area contributed by atoms with Crippen LogP contribution in [0.3, 0.4) is 0 Å². The van der Waals surface area contributed by atoms with Crippen LogP contribution in [0, 0.1) is 0 Å². The molecule has 0 aliphatic heterocycles. The summed E-state index contributed by atoms with van der Waals surface area (Å²) in [6, 6.07) is 6.33. The van der Waals surface area contributed by atoms with Gasteiger partial charge in [-0.3, -0.25) is 9.59 Å². The van der Waals surface area contributed by atoms with Gasteiger partial charge in [0, 0.05) is 6.42 Å². The van der Waals surface area contributed by atoms with Crippen molar-refractivity contribution < 1.29 is 24.6 Å². The Kier molecular flexibility index (Phi) is 5.67. The number of carboxylic acid groups (broad SMARTS) is 2. The van der Waals surface area contributed by atoms with Gasteiger partial charge in [0.1, 0.15) is 12.1 Å². The second-order valence-corrected chi connectivity index (χ2v) is 4.30. The van der Waals surface area contributed by atoms with Crippen molar-refractivity contribution in [1.29, 1.82) is 0 Å². The molecular weight excluding hydrogens is 264 g/mol. The van der Waals surface area contributed by atoms with E-state index in [1.54, 1.807) is 30.3 Å². The van der Waals surface area contributed by atoms with Crippen molar-refractivity contribution in [3.63, 3.8) is 0 Å². The lowest BCUT2D eigenvalue weighted by Crippen LogP contribution is -2.45. The number of carboxylic acids is 2. The van der Waals surface area contributed by atoms with Crippen LogP contribution in [0.15, 0.2) is 30.3 Å². The van der Waals surface area contributed by atoms with Gasteiger partial charge in [-0.25, -0.2) is 4.79 Å². The normalized spacial score (nSPS) is 13.2. The number of rotatable bonds is 7. The van der Waals surface area contributed by atoms with Crippen LogP contribution in [0.5, 0.6) is 0 Å². The number of hydrogen-bond acceptors (Lipinski definition) is 4. The molecule has 5 N–H and O–H groups in total. The highest BCUT2D eigenvalue weighted by Gasteiger charge is 2.23. The first-order valence-electron chi connectivity index (χ1n) is 5.94. The zero-order valence-corrected chi connectivity index (χ0v) is 10.7. The molecule has 0 bridgehead atoms. The van der Waals surface area contributed by atoms with Crippen molar-refractivity contribution in [3.05, 3.63) is 35.9 Å². The van der Waals surface area contributed by atoms with Gasteiger partial charge < -0.3 is 21.3 Å². The predicted molar refractivity (Wildman–Crippen MR) is 69.9 cm³/mol. The smallest absolute Gasteiger partial charge is 0.326 e. The summed E-state index contributed by atoms with van der Waals surface area (Å²) in [5.41, 5.74) is 5.97. The fraction of sp³-hybridized carbons (Fsp3) is 0.308. The molecule has 20 heavy (non-hydrogen) atoms. The van der Waals surface area contributed by atoms with E-state index in [9.17, 15) is 14.4 Å². The maximum absolute atomic E-state index is 11.5. The average Bonchev–Trinajstić information content (AvgIpc) is 2.38. The third kappa shape index (κ3) is 5.07. The molecule has 7 nitrogen and oxygen atoms in total. The molecule has 1 aromatic carbocycles. The Balaban J connectivity index is 2.62. The maximum Gasteiger partial charge on any atom is 0.326 e. The Hall–Kier alpha value is -2.41. The maximum atomic E-state index is 11.5. The molecule has 0 spiro atoms. The van der Waals surface area contributed by atoms with Gasteiger partial charge in [-0.15, -0.1) is 0 Å². The zero-order chi connectivity index (χ0) is 15.1. The Labute approximate surface area is 115 Å². The molecule has 0 heterocycles. The van der Waals surface area contributed by atoms with Crippen LogP contribution in [-0.4, -0.2) is 40.1 Å². The number of nitrogens with one attached hydrogen (secondary N) is 1. The van der Waals surface area contributed by atoms with Crippen molar-refractivity contribution in [2.75, 3.05) is 0 Å². The largest absolute Gasteiger partial charge is 0.480 e. The van der Waals surface area contributed by atoms with Gasteiger partial charge in [-0.2, -0.15) is 0 Å². The van der Waals surface area contributed by atoms with E-state index in [4.69, 9.17) is 15.9 Å². The molecular formula is C13H16N2O5. The third-order valence-corrected chi connectivity index (χ3v) is 2.64. The van der Waals surface area contributed by atoms with E-state index in [2.05, 4.69) is 5.32 Å².